The molecule has 0 saturated heterocycles. The molecule has 1 amide bonds. The number of carboxylic acid groups (broad SMARTS) is 1. The Kier molecular flexibility index (Phi) is 4.36. The Labute approximate surface area is 135 Å². The van der Waals surface area contributed by atoms with Crippen LogP contribution in [0.25, 0.3) is 0 Å². The Bertz CT molecular complexity index is 656. The first-order chi connectivity index (χ1) is 10.5. The molecular formula is C15H15ClF3NO3. The topological polar surface area (TPSA) is 57.6 Å². The monoisotopic (exact) mass is 349 g/mol. The van der Waals surface area contributed by atoms with Gasteiger partial charge in [0.1, 0.15) is 6.04 Å². The van der Waals surface area contributed by atoms with Crippen molar-refractivity contribution < 1.29 is 27.9 Å². The van der Waals surface area contributed by atoms with E-state index in [1.165, 1.54) is 14.0 Å². The molecule has 1 aromatic carbocycles. The molecule has 126 valence electrons. The third-order valence-corrected chi connectivity index (χ3v) is 4.56. The van der Waals surface area contributed by atoms with Crippen LogP contribution in [0, 0.1) is 0 Å². The van der Waals surface area contributed by atoms with E-state index in [4.69, 9.17) is 16.7 Å². The maximum Gasteiger partial charge on any atom is 0.416 e. The number of carbonyl (C=O) groups is 2. The third-order valence-electron chi connectivity index (χ3n) is 4.23. The molecule has 2 rings (SSSR count). The summed E-state index contributed by atoms with van der Waals surface area (Å²) in [6.45, 7) is 1.34. The molecule has 4 nitrogen and oxygen atoms in total. The molecule has 0 heterocycles. The van der Waals surface area contributed by atoms with Gasteiger partial charge in [0.25, 0.3) is 0 Å². The average Bonchev–Trinajstić information content (AvgIpc) is 3.25. The van der Waals surface area contributed by atoms with E-state index in [1.54, 1.807) is 0 Å². The number of alkyl halides is 3. The number of nitrogens with zero attached hydrogens (tertiary/aromatic N) is 1. The molecule has 1 N–H and O–H groups in total. The predicted octanol–water partition coefficient (Wildman–Crippen LogP) is 3.32. The lowest BCUT2D eigenvalue weighted by Crippen LogP contribution is -2.45. The number of amides is 1. The summed E-state index contributed by atoms with van der Waals surface area (Å²) in [6, 6.07) is 1.78. The number of carboxylic acids is 1. The zero-order valence-corrected chi connectivity index (χ0v) is 13.2. The summed E-state index contributed by atoms with van der Waals surface area (Å²) in [5.41, 5.74) is -1.95. The van der Waals surface area contributed by atoms with Crippen LogP contribution in [-0.4, -0.2) is 35.0 Å². The van der Waals surface area contributed by atoms with E-state index < -0.39 is 35.1 Å². The van der Waals surface area contributed by atoms with E-state index in [9.17, 15) is 22.8 Å². The summed E-state index contributed by atoms with van der Waals surface area (Å²) in [4.78, 5) is 24.7. The van der Waals surface area contributed by atoms with Crippen molar-refractivity contribution in [2.75, 3.05) is 7.05 Å². The summed E-state index contributed by atoms with van der Waals surface area (Å²) < 4.78 is 38.7. The van der Waals surface area contributed by atoms with E-state index in [0.717, 1.165) is 23.1 Å². The van der Waals surface area contributed by atoms with E-state index in [1.807, 2.05) is 0 Å². The van der Waals surface area contributed by atoms with Crippen molar-refractivity contribution in [3.05, 3.63) is 34.3 Å². The quantitative estimate of drug-likeness (QED) is 0.907. The van der Waals surface area contributed by atoms with Crippen LogP contribution in [0.15, 0.2) is 18.2 Å². The first-order valence-corrected chi connectivity index (χ1v) is 7.26. The minimum Gasteiger partial charge on any atom is -0.480 e. The Morgan fingerprint density at radius 1 is 1.35 bits per heavy atom. The van der Waals surface area contributed by atoms with Gasteiger partial charge in [0.15, 0.2) is 0 Å². The number of halogens is 4. The van der Waals surface area contributed by atoms with Crippen LogP contribution in [0.2, 0.25) is 5.02 Å². The van der Waals surface area contributed by atoms with Crippen molar-refractivity contribution in [1.82, 2.24) is 4.90 Å². The van der Waals surface area contributed by atoms with Gasteiger partial charge in [0.2, 0.25) is 5.91 Å². The van der Waals surface area contributed by atoms with E-state index in [-0.39, 0.29) is 10.6 Å². The lowest BCUT2D eigenvalue weighted by Gasteiger charge is -2.27. The summed E-state index contributed by atoms with van der Waals surface area (Å²) in [5.74, 6) is -1.72. The van der Waals surface area contributed by atoms with Crippen molar-refractivity contribution in [3.63, 3.8) is 0 Å². The van der Waals surface area contributed by atoms with Gasteiger partial charge in [-0.3, -0.25) is 4.79 Å². The standard InChI is InChI=1S/C15H15ClF3NO3/c1-8(12(21)22)20(2)13(23)14(5-6-14)10-7-9(15(17,18)19)3-4-11(10)16/h3-4,7-8H,5-6H2,1-2H3,(H,21,22). The van der Waals surface area contributed by atoms with Crippen LogP contribution in [0.1, 0.15) is 30.9 Å². The first-order valence-electron chi connectivity index (χ1n) is 6.88. The largest absolute Gasteiger partial charge is 0.480 e. The molecule has 0 aliphatic heterocycles. The average molecular weight is 350 g/mol. The zero-order chi connectivity index (χ0) is 17.6. The van der Waals surface area contributed by atoms with Crippen LogP contribution in [0.4, 0.5) is 13.2 Å². The molecule has 1 aliphatic rings. The Balaban J connectivity index is 2.41. The number of rotatable bonds is 4. The number of carbonyl (C=O) groups excluding carboxylic acids is 1. The van der Waals surface area contributed by atoms with Crippen molar-refractivity contribution >= 4 is 23.5 Å². The predicted molar refractivity (Wildman–Crippen MR) is 77.2 cm³/mol. The van der Waals surface area contributed by atoms with Crippen molar-refractivity contribution in [3.8, 4) is 0 Å². The molecule has 0 aromatic heterocycles. The van der Waals surface area contributed by atoms with Crippen LogP contribution < -0.4 is 0 Å². The first kappa shape index (κ1) is 17.6. The molecule has 23 heavy (non-hydrogen) atoms. The van der Waals surface area contributed by atoms with Gasteiger partial charge in [0, 0.05) is 12.1 Å². The molecule has 1 unspecified atom stereocenters. The van der Waals surface area contributed by atoms with E-state index in [2.05, 4.69) is 0 Å². The van der Waals surface area contributed by atoms with Gasteiger partial charge < -0.3 is 10.0 Å². The Hall–Kier alpha value is -1.76. The fourth-order valence-electron chi connectivity index (χ4n) is 2.47. The second-order valence-corrected chi connectivity index (χ2v) is 6.11. The number of likely N-dealkylation sites (N-methyl/N-ethyl adjacent to an activating group) is 1. The lowest BCUT2D eigenvalue weighted by molar-refractivity contribution is -0.149. The van der Waals surface area contributed by atoms with Gasteiger partial charge >= 0.3 is 12.1 Å². The Morgan fingerprint density at radius 3 is 2.35 bits per heavy atom. The summed E-state index contributed by atoms with van der Waals surface area (Å²) in [5, 5.41) is 9.06. The van der Waals surface area contributed by atoms with Gasteiger partial charge in [-0.25, -0.2) is 4.79 Å². The normalized spacial score (nSPS) is 17.5. The number of aliphatic carboxylic acids is 1. The number of hydrogen-bond acceptors (Lipinski definition) is 2. The maximum atomic E-state index is 12.9. The van der Waals surface area contributed by atoms with Gasteiger partial charge in [0.05, 0.1) is 11.0 Å². The highest BCUT2D eigenvalue weighted by molar-refractivity contribution is 6.32. The second-order valence-electron chi connectivity index (χ2n) is 5.70. The van der Waals surface area contributed by atoms with Crippen molar-refractivity contribution in [1.29, 1.82) is 0 Å². The molecule has 1 fully saturated rings. The van der Waals surface area contributed by atoms with Gasteiger partial charge in [-0.05, 0) is 43.5 Å². The molecule has 8 heteroatoms. The SMILES string of the molecule is CC(C(=O)O)N(C)C(=O)C1(c2cc(C(F)(F)F)ccc2Cl)CC1. The highest BCUT2D eigenvalue weighted by atomic mass is 35.5. The second kappa shape index (κ2) is 5.70. The van der Waals surface area contributed by atoms with E-state index >= 15 is 0 Å². The lowest BCUT2D eigenvalue weighted by atomic mass is 9.92. The molecule has 1 atom stereocenters. The van der Waals surface area contributed by atoms with Gasteiger partial charge in [-0.1, -0.05) is 11.6 Å². The van der Waals surface area contributed by atoms with Crippen LogP contribution >= 0.6 is 11.6 Å². The van der Waals surface area contributed by atoms with Gasteiger partial charge in [-0.15, -0.1) is 0 Å². The molecule has 0 bridgehead atoms. The summed E-state index contributed by atoms with van der Waals surface area (Å²) in [6.07, 6.45) is -3.87. The minimum absolute atomic E-state index is 0.0697. The molecule has 1 aromatic rings. The zero-order valence-electron chi connectivity index (χ0n) is 12.4. The highest BCUT2D eigenvalue weighted by Crippen LogP contribution is 2.52. The number of hydrogen-bond donors (Lipinski definition) is 1. The number of benzene rings is 1. The van der Waals surface area contributed by atoms with Crippen molar-refractivity contribution in [2.45, 2.75) is 37.4 Å². The minimum atomic E-state index is -4.54. The molecule has 0 spiro atoms. The smallest absolute Gasteiger partial charge is 0.416 e. The summed E-state index contributed by atoms with van der Waals surface area (Å²) in [7, 11) is 1.32. The summed E-state index contributed by atoms with van der Waals surface area (Å²) >= 11 is 6.01. The van der Waals surface area contributed by atoms with E-state index in [0.29, 0.717) is 12.8 Å². The van der Waals surface area contributed by atoms with Crippen molar-refractivity contribution in [2.24, 2.45) is 0 Å². The molecule has 0 radical (unpaired) electrons. The fraction of sp³-hybridized carbons (Fsp3) is 0.467. The molecule has 1 saturated carbocycles. The van der Waals surface area contributed by atoms with Crippen LogP contribution in [0.3, 0.4) is 0 Å². The Morgan fingerprint density at radius 2 is 1.91 bits per heavy atom. The maximum absolute atomic E-state index is 12.9. The highest BCUT2D eigenvalue weighted by Gasteiger charge is 2.55. The molecule has 1 aliphatic carbocycles. The third kappa shape index (κ3) is 3.15. The fourth-order valence-corrected chi connectivity index (χ4v) is 2.77. The van der Waals surface area contributed by atoms with Gasteiger partial charge in [-0.2, -0.15) is 13.2 Å². The van der Waals surface area contributed by atoms with Crippen LogP contribution in [-0.2, 0) is 21.2 Å². The van der Waals surface area contributed by atoms with Crippen LogP contribution in [0.5, 0.6) is 0 Å². The molecular weight excluding hydrogens is 335 g/mol.